The maximum Gasteiger partial charge on any atom is 1.00 e. The van der Waals surface area contributed by atoms with Crippen molar-refractivity contribution in [3.05, 3.63) is 17.7 Å². The van der Waals surface area contributed by atoms with Gasteiger partial charge < -0.3 is 29.1 Å². The zero-order chi connectivity index (χ0) is 14.5. The molecule has 108 valence electrons. The number of benzene rings is 1. The van der Waals surface area contributed by atoms with Gasteiger partial charge in [-0.1, -0.05) is 19.8 Å². The van der Waals surface area contributed by atoms with Crippen molar-refractivity contribution in [3.8, 4) is 17.2 Å². The summed E-state index contributed by atoms with van der Waals surface area (Å²) in [6.07, 6.45) is 2.88. The Labute approximate surface area is 145 Å². The van der Waals surface area contributed by atoms with E-state index in [1.54, 1.807) is 6.07 Å². The zero-order valence-corrected chi connectivity index (χ0v) is 14.3. The molecular formula is C13H16BNaO6. The Morgan fingerprint density at radius 3 is 2.90 bits per heavy atom. The number of unbranched alkanes of at least 4 members (excludes halogenated alkanes) is 2. The summed E-state index contributed by atoms with van der Waals surface area (Å²) in [5, 5.41) is 20.7. The Balaban J connectivity index is 0.00000220. The summed E-state index contributed by atoms with van der Waals surface area (Å²) in [6, 6.07) is 3.07. The van der Waals surface area contributed by atoms with Crippen molar-refractivity contribution in [2.24, 2.45) is 0 Å². The van der Waals surface area contributed by atoms with Crippen molar-refractivity contribution in [2.75, 3.05) is 13.1 Å². The molecule has 8 heteroatoms. The van der Waals surface area contributed by atoms with Gasteiger partial charge in [0.2, 0.25) is 0 Å². The van der Waals surface area contributed by atoms with Gasteiger partial charge in [-0.25, -0.2) is 0 Å². The molecule has 0 atom stereocenters. The Kier molecular flexibility index (Phi) is 7.38. The Hall–Kier alpha value is -0.885. The quantitative estimate of drug-likeness (QED) is 0.458. The normalized spacial score (nSPS) is 12.6. The molecule has 21 heavy (non-hydrogen) atoms. The van der Waals surface area contributed by atoms with Crippen LogP contribution in [0.2, 0.25) is 0 Å². The van der Waals surface area contributed by atoms with Crippen LogP contribution in [0.1, 0.15) is 36.5 Å². The second-order valence-corrected chi connectivity index (χ2v) is 4.49. The largest absolute Gasteiger partial charge is 1.00 e. The third-order valence-corrected chi connectivity index (χ3v) is 2.93. The van der Waals surface area contributed by atoms with Crippen molar-refractivity contribution in [1.29, 1.82) is 0 Å². The number of aromatic carboxylic acids is 1. The number of rotatable bonds is 6. The Bertz CT molecular complexity index is 496. The van der Waals surface area contributed by atoms with E-state index in [0.29, 0.717) is 6.61 Å². The average Bonchev–Trinajstić information content (AvgIpc) is 2.42. The maximum atomic E-state index is 11.3. The van der Waals surface area contributed by atoms with Crippen LogP contribution in [0.4, 0.5) is 0 Å². The minimum atomic E-state index is -1.43. The fourth-order valence-electron chi connectivity index (χ4n) is 1.96. The zero-order valence-electron chi connectivity index (χ0n) is 12.3. The van der Waals surface area contributed by atoms with Crippen molar-refractivity contribution >= 4 is 13.1 Å². The molecule has 0 fully saturated rings. The SMILES string of the molecule is CCCCCOc1ccc2c(c1C(=O)[O-])OB(O)CO2.[Na+]. The van der Waals surface area contributed by atoms with Gasteiger partial charge >= 0.3 is 36.7 Å². The van der Waals surface area contributed by atoms with E-state index in [1.165, 1.54) is 6.07 Å². The van der Waals surface area contributed by atoms with Crippen LogP contribution in [-0.2, 0) is 0 Å². The summed E-state index contributed by atoms with van der Waals surface area (Å²) in [4.78, 5) is 11.3. The molecule has 0 spiro atoms. The topological polar surface area (TPSA) is 88.1 Å². The molecule has 1 aromatic rings. The molecule has 0 aromatic heterocycles. The van der Waals surface area contributed by atoms with Crippen molar-refractivity contribution in [2.45, 2.75) is 26.2 Å². The van der Waals surface area contributed by atoms with Gasteiger partial charge in [-0.2, -0.15) is 0 Å². The van der Waals surface area contributed by atoms with Crippen LogP contribution in [0.5, 0.6) is 17.2 Å². The van der Waals surface area contributed by atoms with Gasteiger partial charge in [0.25, 0.3) is 0 Å². The number of carbonyl (C=O) groups is 1. The predicted molar refractivity (Wildman–Crippen MR) is 69.9 cm³/mol. The maximum absolute atomic E-state index is 11.3. The van der Waals surface area contributed by atoms with E-state index in [0.717, 1.165) is 19.3 Å². The Morgan fingerprint density at radius 1 is 1.48 bits per heavy atom. The van der Waals surface area contributed by atoms with Crippen LogP contribution < -0.4 is 48.8 Å². The van der Waals surface area contributed by atoms with Gasteiger partial charge in [0.1, 0.15) is 12.3 Å². The first-order valence-corrected chi connectivity index (χ1v) is 6.62. The van der Waals surface area contributed by atoms with Crippen molar-refractivity contribution in [3.63, 3.8) is 0 Å². The van der Waals surface area contributed by atoms with E-state index in [9.17, 15) is 14.9 Å². The first kappa shape index (κ1) is 18.2. The van der Waals surface area contributed by atoms with E-state index in [4.69, 9.17) is 14.1 Å². The third kappa shape index (κ3) is 4.54. The first-order valence-electron chi connectivity index (χ1n) is 6.62. The van der Waals surface area contributed by atoms with E-state index in [-0.39, 0.29) is 58.9 Å². The van der Waals surface area contributed by atoms with E-state index in [2.05, 4.69) is 6.92 Å². The predicted octanol–water partition coefficient (Wildman–Crippen LogP) is -2.59. The summed E-state index contributed by atoms with van der Waals surface area (Å²) >= 11 is 0. The number of carbonyl (C=O) groups excluding carboxylic acids is 1. The minimum Gasteiger partial charge on any atom is -0.545 e. The van der Waals surface area contributed by atoms with Crippen LogP contribution in [0, 0.1) is 0 Å². The van der Waals surface area contributed by atoms with E-state index >= 15 is 0 Å². The second kappa shape index (κ2) is 8.53. The molecule has 1 aliphatic rings. The minimum absolute atomic E-state index is 0. The molecule has 0 saturated carbocycles. The molecule has 1 N–H and O–H groups in total. The number of carboxylic acids is 1. The molecule has 0 amide bonds. The standard InChI is InChI=1S/C13H17BO6.Na/c1-2-3-4-7-18-9-5-6-10-12(11(9)13(15)16)20-14(17)8-19-10;/h5-6,17H,2-4,7-8H2,1H3,(H,15,16);/q;+1/p-1. The smallest absolute Gasteiger partial charge is 0.545 e. The molecule has 0 saturated heterocycles. The van der Waals surface area contributed by atoms with Crippen molar-refractivity contribution < 1.29 is 58.6 Å². The summed E-state index contributed by atoms with van der Waals surface area (Å²) in [7, 11) is -1.20. The average molecular weight is 302 g/mol. The van der Waals surface area contributed by atoms with Gasteiger partial charge in [0.15, 0.2) is 11.5 Å². The molecule has 0 bridgehead atoms. The molecule has 1 heterocycles. The van der Waals surface area contributed by atoms with Crippen LogP contribution >= 0.6 is 0 Å². The molecule has 2 rings (SSSR count). The van der Waals surface area contributed by atoms with Gasteiger partial charge in [-0.15, -0.1) is 0 Å². The number of ether oxygens (including phenoxy) is 2. The van der Waals surface area contributed by atoms with Gasteiger partial charge in [0.05, 0.1) is 18.1 Å². The van der Waals surface area contributed by atoms with Crippen LogP contribution in [0.3, 0.4) is 0 Å². The van der Waals surface area contributed by atoms with Crippen LogP contribution in [0.15, 0.2) is 12.1 Å². The van der Waals surface area contributed by atoms with Gasteiger partial charge in [-0.3, -0.25) is 0 Å². The first-order chi connectivity index (χ1) is 9.63. The summed E-state index contributed by atoms with van der Waals surface area (Å²) in [5.74, 6) is -1.05. The number of hydrogen-bond donors (Lipinski definition) is 1. The molecule has 1 aliphatic heterocycles. The molecule has 0 aliphatic carbocycles. The fraction of sp³-hybridized carbons (Fsp3) is 0.462. The van der Waals surface area contributed by atoms with E-state index < -0.39 is 13.1 Å². The molecule has 0 radical (unpaired) electrons. The number of fused-ring (bicyclic) bond motifs is 1. The van der Waals surface area contributed by atoms with Crippen LogP contribution in [-0.4, -0.2) is 31.2 Å². The van der Waals surface area contributed by atoms with Crippen LogP contribution in [0.25, 0.3) is 0 Å². The second-order valence-electron chi connectivity index (χ2n) is 4.49. The molecular weight excluding hydrogens is 286 g/mol. The number of hydrogen-bond acceptors (Lipinski definition) is 6. The molecule has 1 aromatic carbocycles. The number of carboxylic acid groups (broad SMARTS) is 1. The monoisotopic (exact) mass is 302 g/mol. The summed E-state index contributed by atoms with van der Waals surface area (Å²) in [5.41, 5.74) is -0.224. The van der Waals surface area contributed by atoms with Gasteiger partial charge in [0, 0.05) is 0 Å². The van der Waals surface area contributed by atoms with E-state index in [1.807, 2.05) is 0 Å². The van der Waals surface area contributed by atoms with Crippen molar-refractivity contribution in [1.82, 2.24) is 0 Å². The summed E-state index contributed by atoms with van der Waals surface area (Å²) < 4.78 is 15.8. The third-order valence-electron chi connectivity index (χ3n) is 2.93. The summed E-state index contributed by atoms with van der Waals surface area (Å²) in [6.45, 7) is 2.44. The Morgan fingerprint density at radius 2 is 2.24 bits per heavy atom. The molecule has 6 nitrogen and oxygen atoms in total. The van der Waals surface area contributed by atoms with Gasteiger partial charge in [-0.05, 0) is 18.6 Å². The fourth-order valence-corrected chi connectivity index (χ4v) is 1.96. The molecule has 0 unspecified atom stereocenters.